The minimum atomic E-state index is -0.169. The Bertz CT molecular complexity index is 331. The van der Waals surface area contributed by atoms with Gasteiger partial charge in [-0.3, -0.25) is 4.79 Å². The first kappa shape index (κ1) is 13.7. The summed E-state index contributed by atoms with van der Waals surface area (Å²) in [5, 5.41) is 8.68. The van der Waals surface area contributed by atoms with Gasteiger partial charge in [0.05, 0.1) is 12.2 Å². The molecule has 1 rings (SSSR count). The minimum Gasteiger partial charge on any atom is -0.398 e. The number of hydrogen-bond donors (Lipinski definition) is 2. The lowest BCUT2D eigenvalue weighted by Gasteiger charge is -2.16. The molecule has 1 aromatic rings. The molecule has 0 heterocycles. The van der Waals surface area contributed by atoms with Gasteiger partial charge >= 0.3 is 0 Å². The number of carbonyl (C=O) groups is 1. The van der Waals surface area contributed by atoms with Gasteiger partial charge in [-0.25, -0.2) is 0 Å². The van der Waals surface area contributed by atoms with E-state index >= 15 is 0 Å². The number of likely N-dealkylation sites (N-methyl/N-ethyl adjacent to an activating group) is 1. The molecule has 0 aromatic heterocycles. The third-order valence-corrected chi connectivity index (χ3v) is 1.97. The lowest BCUT2D eigenvalue weighted by Crippen LogP contribution is -2.29. The monoisotopic (exact) mass is 230 g/mol. The number of nitrogens with zero attached hydrogens (tertiary/aromatic N) is 1. The first-order valence-electron chi connectivity index (χ1n) is 4.37. The van der Waals surface area contributed by atoms with E-state index in [2.05, 4.69) is 0 Å². The number of benzene rings is 1. The zero-order valence-electron chi connectivity index (χ0n) is 8.51. The molecule has 0 atom stereocenters. The third-order valence-electron chi connectivity index (χ3n) is 1.97. The van der Waals surface area contributed by atoms with Gasteiger partial charge in [0.2, 0.25) is 0 Å². The maximum Gasteiger partial charge on any atom is 0.255 e. The molecular weight excluding hydrogens is 216 g/mol. The third kappa shape index (κ3) is 3.42. The molecule has 0 saturated carbocycles. The van der Waals surface area contributed by atoms with Crippen LogP contribution in [-0.2, 0) is 0 Å². The highest BCUT2D eigenvalue weighted by Gasteiger charge is 2.12. The summed E-state index contributed by atoms with van der Waals surface area (Å²) < 4.78 is 0. The number of amides is 1. The topological polar surface area (TPSA) is 66.6 Å². The molecule has 4 nitrogen and oxygen atoms in total. The van der Waals surface area contributed by atoms with Crippen molar-refractivity contribution in [3.05, 3.63) is 29.8 Å². The van der Waals surface area contributed by atoms with Crippen LogP contribution in [0.2, 0.25) is 0 Å². The second kappa shape index (κ2) is 6.27. The summed E-state index contributed by atoms with van der Waals surface area (Å²) >= 11 is 0. The summed E-state index contributed by atoms with van der Waals surface area (Å²) in [6.07, 6.45) is 0. The molecule has 1 aromatic carbocycles. The summed E-state index contributed by atoms with van der Waals surface area (Å²) in [6, 6.07) is 6.89. The first-order valence-corrected chi connectivity index (χ1v) is 4.37. The number of carbonyl (C=O) groups excluding carboxylic acids is 1. The summed E-state index contributed by atoms with van der Waals surface area (Å²) in [5.41, 5.74) is 6.58. The van der Waals surface area contributed by atoms with E-state index in [0.717, 1.165) is 0 Å². The summed E-state index contributed by atoms with van der Waals surface area (Å²) in [7, 11) is 1.63. The highest BCUT2D eigenvalue weighted by molar-refractivity contribution is 5.98. The van der Waals surface area contributed by atoms with Crippen molar-refractivity contribution in [1.82, 2.24) is 4.90 Å². The smallest absolute Gasteiger partial charge is 0.255 e. The fourth-order valence-electron chi connectivity index (χ4n) is 1.15. The van der Waals surface area contributed by atoms with Crippen molar-refractivity contribution in [3.8, 4) is 0 Å². The Morgan fingerprint density at radius 2 is 2.07 bits per heavy atom. The molecule has 84 valence electrons. The molecule has 0 fully saturated rings. The van der Waals surface area contributed by atoms with Gasteiger partial charge in [-0.2, -0.15) is 0 Å². The van der Waals surface area contributed by atoms with Gasteiger partial charge in [0.15, 0.2) is 0 Å². The van der Waals surface area contributed by atoms with Crippen LogP contribution in [0, 0.1) is 0 Å². The quantitative estimate of drug-likeness (QED) is 0.754. The summed E-state index contributed by atoms with van der Waals surface area (Å²) in [6.45, 7) is 0.266. The van der Waals surface area contributed by atoms with E-state index in [0.29, 0.717) is 17.8 Å². The highest BCUT2D eigenvalue weighted by Crippen LogP contribution is 2.12. The Balaban J connectivity index is 0.00000196. The number of aliphatic hydroxyl groups excluding tert-OH is 1. The number of para-hydroxylation sites is 1. The van der Waals surface area contributed by atoms with Crippen molar-refractivity contribution < 1.29 is 9.90 Å². The van der Waals surface area contributed by atoms with E-state index in [1.807, 2.05) is 0 Å². The average molecular weight is 231 g/mol. The van der Waals surface area contributed by atoms with Crippen molar-refractivity contribution in [1.29, 1.82) is 0 Å². The van der Waals surface area contributed by atoms with Crippen LogP contribution in [0.3, 0.4) is 0 Å². The predicted octanol–water partition coefficient (Wildman–Crippen LogP) is 0.755. The molecule has 1 amide bonds. The van der Waals surface area contributed by atoms with Crippen LogP contribution in [0.4, 0.5) is 5.69 Å². The molecule has 0 aliphatic rings. The van der Waals surface area contributed by atoms with Crippen LogP contribution >= 0.6 is 12.4 Å². The Morgan fingerprint density at radius 1 is 1.47 bits per heavy atom. The molecule has 0 unspecified atom stereocenters. The molecule has 0 spiro atoms. The Labute approximate surface area is 95.1 Å². The van der Waals surface area contributed by atoms with Crippen LogP contribution < -0.4 is 5.73 Å². The van der Waals surface area contributed by atoms with Gasteiger partial charge in [0.1, 0.15) is 0 Å². The number of nitrogen functional groups attached to an aromatic ring is 1. The lowest BCUT2D eigenvalue weighted by atomic mass is 10.1. The van der Waals surface area contributed by atoms with E-state index in [4.69, 9.17) is 10.8 Å². The summed E-state index contributed by atoms with van der Waals surface area (Å²) in [4.78, 5) is 13.1. The number of nitrogens with two attached hydrogens (primary N) is 1. The number of anilines is 1. The molecule has 0 bridgehead atoms. The van der Waals surface area contributed by atoms with E-state index in [-0.39, 0.29) is 24.9 Å². The predicted molar refractivity (Wildman–Crippen MR) is 62.1 cm³/mol. The summed E-state index contributed by atoms with van der Waals surface area (Å²) in [5.74, 6) is -0.169. The Kier molecular flexibility index (Phi) is 5.74. The van der Waals surface area contributed by atoms with Gasteiger partial charge in [-0.15, -0.1) is 12.4 Å². The average Bonchev–Trinajstić information content (AvgIpc) is 2.18. The molecular formula is C10H15ClN2O2. The van der Waals surface area contributed by atoms with Crippen LogP contribution in [0.25, 0.3) is 0 Å². The number of hydrogen-bond acceptors (Lipinski definition) is 3. The van der Waals surface area contributed by atoms with Gasteiger partial charge in [0, 0.05) is 19.3 Å². The molecule has 15 heavy (non-hydrogen) atoms. The van der Waals surface area contributed by atoms with Gasteiger partial charge in [0.25, 0.3) is 5.91 Å². The largest absolute Gasteiger partial charge is 0.398 e. The number of aliphatic hydroxyl groups is 1. The van der Waals surface area contributed by atoms with Crippen molar-refractivity contribution in [2.45, 2.75) is 0 Å². The minimum absolute atomic E-state index is 0. The normalized spacial score (nSPS) is 9.20. The van der Waals surface area contributed by atoms with Crippen LogP contribution in [0.1, 0.15) is 10.4 Å². The van der Waals surface area contributed by atoms with Gasteiger partial charge in [-0.1, -0.05) is 12.1 Å². The SMILES string of the molecule is CN(CCO)C(=O)c1ccccc1N.Cl. The van der Waals surface area contributed by atoms with Crippen molar-refractivity contribution >= 4 is 24.0 Å². The van der Waals surface area contributed by atoms with Crippen LogP contribution in [-0.4, -0.2) is 36.1 Å². The van der Waals surface area contributed by atoms with Crippen molar-refractivity contribution in [2.24, 2.45) is 0 Å². The standard InChI is InChI=1S/C10H14N2O2.ClH/c1-12(6-7-13)10(14)8-4-2-3-5-9(8)11;/h2-5,13H,6-7,11H2,1H3;1H. The van der Waals surface area contributed by atoms with E-state index in [1.54, 1.807) is 31.3 Å². The number of rotatable bonds is 3. The molecule has 5 heteroatoms. The molecule has 0 radical (unpaired) electrons. The second-order valence-electron chi connectivity index (χ2n) is 3.04. The van der Waals surface area contributed by atoms with Crippen LogP contribution in [0.5, 0.6) is 0 Å². The second-order valence-corrected chi connectivity index (χ2v) is 3.04. The van der Waals surface area contributed by atoms with Gasteiger partial charge < -0.3 is 15.7 Å². The lowest BCUT2D eigenvalue weighted by molar-refractivity contribution is 0.0768. The molecule has 3 N–H and O–H groups in total. The highest BCUT2D eigenvalue weighted by atomic mass is 35.5. The fourth-order valence-corrected chi connectivity index (χ4v) is 1.15. The zero-order chi connectivity index (χ0) is 10.6. The first-order chi connectivity index (χ1) is 6.66. The molecule has 0 aliphatic carbocycles. The van der Waals surface area contributed by atoms with E-state index in [9.17, 15) is 4.79 Å². The maximum absolute atomic E-state index is 11.7. The Hall–Kier alpha value is -1.26. The van der Waals surface area contributed by atoms with E-state index < -0.39 is 0 Å². The van der Waals surface area contributed by atoms with Crippen molar-refractivity contribution in [3.63, 3.8) is 0 Å². The van der Waals surface area contributed by atoms with Crippen LogP contribution in [0.15, 0.2) is 24.3 Å². The number of halogens is 1. The molecule has 0 saturated heterocycles. The maximum atomic E-state index is 11.7. The fraction of sp³-hybridized carbons (Fsp3) is 0.300. The van der Waals surface area contributed by atoms with Gasteiger partial charge in [-0.05, 0) is 12.1 Å². The zero-order valence-corrected chi connectivity index (χ0v) is 9.33. The van der Waals surface area contributed by atoms with E-state index in [1.165, 1.54) is 4.90 Å². The Morgan fingerprint density at radius 3 is 2.60 bits per heavy atom. The molecule has 0 aliphatic heterocycles. The van der Waals surface area contributed by atoms with Crippen molar-refractivity contribution in [2.75, 3.05) is 25.9 Å².